The number of thioether (sulfide) groups is 1. The lowest BCUT2D eigenvalue weighted by molar-refractivity contribution is -0.137. The number of hydrogen-bond acceptors (Lipinski definition) is 5. The second-order valence-electron chi connectivity index (χ2n) is 4.60. The summed E-state index contributed by atoms with van der Waals surface area (Å²) in [4.78, 5) is 10.4. The molecule has 1 aliphatic heterocycles. The van der Waals surface area contributed by atoms with E-state index in [4.69, 9.17) is 9.52 Å². The minimum absolute atomic E-state index is 0.150. The molecule has 1 aliphatic rings. The van der Waals surface area contributed by atoms with Crippen LogP contribution in [0.2, 0.25) is 0 Å². The lowest BCUT2D eigenvalue weighted by Crippen LogP contribution is -2.12. The molecule has 6 heteroatoms. The van der Waals surface area contributed by atoms with Gasteiger partial charge in [0.05, 0.1) is 0 Å². The summed E-state index contributed by atoms with van der Waals surface area (Å²) in [6.45, 7) is 0. The van der Waals surface area contributed by atoms with Crippen LogP contribution in [-0.2, 0) is 17.6 Å². The first-order valence-electron chi connectivity index (χ1n) is 6.35. The lowest BCUT2D eigenvalue weighted by Gasteiger charge is -2.19. The number of carboxylic acid groups (broad SMARTS) is 1. The second kappa shape index (κ2) is 6.78. The molecule has 0 atom stereocenters. The van der Waals surface area contributed by atoms with Crippen LogP contribution in [-0.4, -0.2) is 32.8 Å². The van der Waals surface area contributed by atoms with Crippen LogP contribution in [0.25, 0.3) is 0 Å². The summed E-state index contributed by atoms with van der Waals surface area (Å²) in [5.74, 6) is 3.61. The predicted octanol–water partition coefficient (Wildman–Crippen LogP) is 2.16. The Hall–Kier alpha value is -1.04. The average Bonchev–Trinajstić information content (AvgIpc) is 2.78. The van der Waals surface area contributed by atoms with E-state index in [1.807, 2.05) is 11.8 Å². The Morgan fingerprint density at radius 3 is 2.78 bits per heavy atom. The molecule has 0 aliphatic carbocycles. The Balaban J connectivity index is 1.76. The normalized spacial score (nSPS) is 16.9. The minimum atomic E-state index is -0.783. The second-order valence-corrected chi connectivity index (χ2v) is 5.82. The van der Waals surface area contributed by atoms with Crippen molar-refractivity contribution in [3.05, 3.63) is 11.8 Å². The largest absolute Gasteiger partial charge is 0.481 e. The van der Waals surface area contributed by atoms with Gasteiger partial charge in [-0.2, -0.15) is 11.8 Å². The van der Waals surface area contributed by atoms with E-state index in [1.54, 1.807) is 0 Å². The van der Waals surface area contributed by atoms with Gasteiger partial charge in [0.15, 0.2) is 0 Å². The van der Waals surface area contributed by atoms with Gasteiger partial charge in [0.25, 0.3) is 0 Å². The Labute approximate surface area is 110 Å². The third-order valence-electron chi connectivity index (χ3n) is 3.09. The van der Waals surface area contributed by atoms with Crippen molar-refractivity contribution in [3.8, 4) is 0 Å². The molecule has 0 saturated carbocycles. The first kappa shape index (κ1) is 13.4. The molecule has 0 unspecified atom stereocenters. The van der Waals surface area contributed by atoms with E-state index < -0.39 is 5.97 Å². The molecule has 1 N–H and O–H groups in total. The van der Waals surface area contributed by atoms with Crippen molar-refractivity contribution in [1.29, 1.82) is 0 Å². The Bertz CT molecular complexity index is 388. The van der Waals surface area contributed by atoms with Gasteiger partial charge < -0.3 is 9.52 Å². The Kier molecular flexibility index (Phi) is 5.04. The van der Waals surface area contributed by atoms with Crippen LogP contribution in [0, 0.1) is 5.92 Å². The molecule has 1 saturated heterocycles. The number of aryl methyl sites for hydroxylation is 1. The zero-order chi connectivity index (χ0) is 12.8. The summed E-state index contributed by atoms with van der Waals surface area (Å²) in [6.07, 6.45) is 4.57. The molecule has 18 heavy (non-hydrogen) atoms. The Morgan fingerprint density at radius 1 is 1.33 bits per heavy atom. The van der Waals surface area contributed by atoms with Crippen molar-refractivity contribution in [2.75, 3.05) is 11.5 Å². The molecule has 0 bridgehead atoms. The maximum absolute atomic E-state index is 10.4. The fraction of sp³-hybridized carbons (Fsp3) is 0.750. The highest BCUT2D eigenvalue weighted by Gasteiger charge is 2.17. The van der Waals surface area contributed by atoms with E-state index in [-0.39, 0.29) is 6.42 Å². The molecule has 1 fully saturated rings. The zero-order valence-corrected chi connectivity index (χ0v) is 11.1. The molecule has 2 rings (SSSR count). The van der Waals surface area contributed by atoms with E-state index in [2.05, 4.69) is 10.2 Å². The summed E-state index contributed by atoms with van der Waals surface area (Å²) >= 11 is 2.01. The van der Waals surface area contributed by atoms with E-state index in [0.717, 1.165) is 6.42 Å². The van der Waals surface area contributed by atoms with Crippen molar-refractivity contribution in [1.82, 2.24) is 10.2 Å². The zero-order valence-electron chi connectivity index (χ0n) is 10.3. The molecule has 0 amide bonds. The fourth-order valence-corrected chi connectivity index (χ4v) is 3.26. The number of carbonyl (C=O) groups is 1. The molecular formula is C12H18N2O3S. The molecule has 2 heterocycles. The molecule has 0 radical (unpaired) electrons. The van der Waals surface area contributed by atoms with Crippen LogP contribution in [0.5, 0.6) is 0 Å². The maximum Gasteiger partial charge on any atom is 0.303 e. The highest BCUT2D eigenvalue weighted by Crippen LogP contribution is 2.25. The van der Waals surface area contributed by atoms with Crippen LogP contribution >= 0.6 is 11.8 Å². The molecule has 0 aromatic carbocycles. The van der Waals surface area contributed by atoms with Gasteiger partial charge >= 0.3 is 5.97 Å². The molecule has 0 spiro atoms. The topological polar surface area (TPSA) is 76.2 Å². The van der Waals surface area contributed by atoms with Crippen LogP contribution in [0.4, 0.5) is 0 Å². The molecular weight excluding hydrogens is 252 g/mol. The van der Waals surface area contributed by atoms with Gasteiger partial charge in [0, 0.05) is 19.3 Å². The van der Waals surface area contributed by atoms with Crippen LogP contribution in [0.15, 0.2) is 4.42 Å². The number of nitrogens with zero attached hydrogens (tertiary/aromatic N) is 2. The third-order valence-corrected chi connectivity index (χ3v) is 4.14. The lowest BCUT2D eigenvalue weighted by atomic mass is 9.99. The van der Waals surface area contributed by atoms with Gasteiger partial charge in [-0.05, 0) is 36.7 Å². The van der Waals surface area contributed by atoms with Crippen molar-refractivity contribution in [2.45, 2.75) is 38.5 Å². The van der Waals surface area contributed by atoms with E-state index in [9.17, 15) is 4.79 Å². The monoisotopic (exact) mass is 270 g/mol. The molecule has 100 valence electrons. The van der Waals surface area contributed by atoms with Gasteiger partial charge in [-0.15, -0.1) is 10.2 Å². The summed E-state index contributed by atoms with van der Waals surface area (Å²) in [7, 11) is 0. The standard InChI is InChI=1S/C12H18N2O3S/c15-12(16)3-1-2-10-13-14-11(17-10)8-9-4-6-18-7-5-9/h9H,1-8H2,(H,15,16). The van der Waals surface area contributed by atoms with E-state index in [1.165, 1.54) is 24.3 Å². The van der Waals surface area contributed by atoms with Crippen molar-refractivity contribution in [2.24, 2.45) is 5.92 Å². The number of aliphatic carboxylic acids is 1. The Morgan fingerprint density at radius 2 is 2.06 bits per heavy atom. The van der Waals surface area contributed by atoms with Crippen LogP contribution < -0.4 is 0 Å². The SMILES string of the molecule is O=C(O)CCCc1nnc(CC2CCSCC2)o1. The smallest absolute Gasteiger partial charge is 0.303 e. The van der Waals surface area contributed by atoms with Gasteiger partial charge in [-0.3, -0.25) is 4.79 Å². The number of aromatic nitrogens is 2. The van der Waals surface area contributed by atoms with E-state index in [0.29, 0.717) is 30.5 Å². The van der Waals surface area contributed by atoms with Crippen molar-refractivity contribution in [3.63, 3.8) is 0 Å². The first-order valence-corrected chi connectivity index (χ1v) is 7.50. The predicted molar refractivity (Wildman–Crippen MR) is 68.6 cm³/mol. The first-order chi connectivity index (χ1) is 8.74. The van der Waals surface area contributed by atoms with Crippen molar-refractivity contribution >= 4 is 17.7 Å². The average molecular weight is 270 g/mol. The summed E-state index contributed by atoms with van der Waals surface area (Å²) in [5.41, 5.74) is 0. The molecule has 1 aromatic heterocycles. The van der Waals surface area contributed by atoms with E-state index >= 15 is 0 Å². The number of hydrogen-bond donors (Lipinski definition) is 1. The third kappa shape index (κ3) is 4.33. The maximum atomic E-state index is 10.4. The van der Waals surface area contributed by atoms with Crippen LogP contribution in [0.3, 0.4) is 0 Å². The number of rotatable bonds is 6. The fourth-order valence-electron chi connectivity index (χ4n) is 2.06. The highest BCUT2D eigenvalue weighted by molar-refractivity contribution is 7.99. The van der Waals surface area contributed by atoms with Crippen LogP contribution in [0.1, 0.15) is 37.5 Å². The van der Waals surface area contributed by atoms with Gasteiger partial charge in [-0.1, -0.05) is 0 Å². The van der Waals surface area contributed by atoms with Crippen molar-refractivity contribution < 1.29 is 14.3 Å². The van der Waals surface area contributed by atoms with Gasteiger partial charge in [0.1, 0.15) is 0 Å². The highest BCUT2D eigenvalue weighted by atomic mass is 32.2. The van der Waals surface area contributed by atoms with Gasteiger partial charge in [-0.25, -0.2) is 0 Å². The number of carboxylic acids is 1. The molecule has 5 nitrogen and oxygen atoms in total. The minimum Gasteiger partial charge on any atom is -0.481 e. The molecule has 1 aromatic rings. The summed E-state index contributed by atoms with van der Waals surface area (Å²) in [6, 6.07) is 0. The summed E-state index contributed by atoms with van der Waals surface area (Å²) in [5, 5.41) is 16.5. The summed E-state index contributed by atoms with van der Waals surface area (Å²) < 4.78 is 5.55. The quantitative estimate of drug-likeness (QED) is 0.853. The van der Waals surface area contributed by atoms with Gasteiger partial charge in [0.2, 0.25) is 11.8 Å².